The van der Waals surface area contributed by atoms with E-state index in [-0.39, 0.29) is 13.2 Å². The number of hydrogen-bond acceptors (Lipinski definition) is 5. The third-order valence-corrected chi connectivity index (χ3v) is 1.18. The predicted octanol–water partition coefficient (Wildman–Crippen LogP) is -0.461. The van der Waals surface area contributed by atoms with Gasteiger partial charge in [-0.05, 0) is 12.1 Å². The summed E-state index contributed by atoms with van der Waals surface area (Å²) in [6.45, 7) is 1.27. The summed E-state index contributed by atoms with van der Waals surface area (Å²) in [4.78, 5) is 8.00. The van der Waals surface area contributed by atoms with Gasteiger partial charge in [0.15, 0.2) is 0 Å². The zero-order valence-corrected chi connectivity index (χ0v) is 8.28. The molecule has 1 rings (SSSR count). The summed E-state index contributed by atoms with van der Waals surface area (Å²) in [6, 6.07) is 8.71. The molecule has 5 heteroatoms. The largest absolute Gasteiger partial charge is 0.508 e. The van der Waals surface area contributed by atoms with Crippen LogP contribution in [0.15, 0.2) is 30.3 Å². The van der Waals surface area contributed by atoms with Crippen molar-refractivity contribution in [3.05, 3.63) is 30.3 Å². The number of hydrogen-bond donors (Lipinski definition) is 4. The Balaban J connectivity index is 0. The Labute approximate surface area is 88.2 Å². The number of phenolic OH excluding ortho intramolecular Hbond substituents is 1. The minimum atomic E-state index is -0.954. The molecule has 0 aliphatic rings. The number of carbonyl (C=O) groups excluding carboxylic acids is 1. The fourth-order valence-corrected chi connectivity index (χ4v) is 0.486. The van der Waals surface area contributed by atoms with Gasteiger partial charge in [-0.1, -0.05) is 18.2 Å². The molecule has 0 spiro atoms. The van der Waals surface area contributed by atoms with Crippen molar-refractivity contribution in [3.8, 4) is 5.75 Å². The molecule has 0 radical (unpaired) electrons. The maximum Gasteiger partial charge on any atom is 0.115 e. The molecule has 0 amide bonds. The molecular formula is C10H16O5. The van der Waals surface area contributed by atoms with E-state index in [0.717, 1.165) is 0 Å². The lowest BCUT2D eigenvalue weighted by Gasteiger charge is -1.96. The van der Waals surface area contributed by atoms with Crippen molar-refractivity contribution < 1.29 is 25.2 Å². The molecule has 0 heterocycles. The van der Waals surface area contributed by atoms with Crippen LogP contribution < -0.4 is 0 Å². The molecule has 0 aliphatic carbocycles. The third kappa shape index (κ3) is 12.6. The minimum absolute atomic E-state index is 0.322. The predicted molar refractivity (Wildman–Crippen MR) is 55.4 cm³/mol. The van der Waals surface area contributed by atoms with Crippen LogP contribution in [0.5, 0.6) is 5.75 Å². The van der Waals surface area contributed by atoms with Crippen molar-refractivity contribution in [2.75, 3.05) is 13.2 Å². The molecule has 5 nitrogen and oxygen atoms in total. The van der Waals surface area contributed by atoms with Gasteiger partial charge in [0.1, 0.15) is 18.6 Å². The van der Waals surface area contributed by atoms with E-state index in [9.17, 15) is 0 Å². The number of aliphatic hydroxyl groups excluding tert-OH is 3. The van der Waals surface area contributed by atoms with Crippen molar-refractivity contribution in [1.29, 1.82) is 0 Å². The van der Waals surface area contributed by atoms with Gasteiger partial charge >= 0.3 is 0 Å². The molecule has 0 bridgehead atoms. The quantitative estimate of drug-likeness (QED) is 0.536. The first-order chi connectivity index (χ1) is 7.20. The first-order valence-electron chi connectivity index (χ1n) is 4.13. The molecule has 1 aromatic carbocycles. The Hall–Kier alpha value is -1.43. The van der Waals surface area contributed by atoms with Crippen LogP contribution in [0.4, 0.5) is 0 Å². The van der Waals surface area contributed by atoms with E-state index in [1.807, 2.05) is 12.9 Å². The number of rotatable bonds is 2. The topological polar surface area (TPSA) is 98.0 Å². The highest BCUT2D eigenvalue weighted by Gasteiger charge is 1.93. The lowest BCUT2D eigenvalue weighted by molar-refractivity contribution is -0.0979. The molecule has 0 unspecified atom stereocenters. The fraction of sp³-hybridized carbons (Fsp3) is 0.300. The third-order valence-electron chi connectivity index (χ3n) is 1.18. The number of aliphatic hydroxyl groups is 3. The summed E-state index contributed by atoms with van der Waals surface area (Å²) in [7, 11) is 0. The smallest absolute Gasteiger partial charge is 0.115 e. The van der Waals surface area contributed by atoms with Crippen LogP contribution in [0.1, 0.15) is 0 Å². The SMILES string of the molecule is C=O.OCC(O)CO.Oc1ccccc1. The molecule has 0 saturated carbocycles. The van der Waals surface area contributed by atoms with Crippen LogP contribution in [-0.2, 0) is 4.79 Å². The van der Waals surface area contributed by atoms with E-state index >= 15 is 0 Å². The van der Waals surface area contributed by atoms with Crippen LogP contribution in [0.3, 0.4) is 0 Å². The second-order valence-corrected chi connectivity index (χ2v) is 2.35. The molecule has 4 N–H and O–H groups in total. The van der Waals surface area contributed by atoms with E-state index in [2.05, 4.69) is 0 Å². The zero-order valence-electron chi connectivity index (χ0n) is 8.28. The van der Waals surface area contributed by atoms with Gasteiger partial charge in [-0.25, -0.2) is 0 Å². The summed E-state index contributed by atoms with van der Waals surface area (Å²) in [5.74, 6) is 0.322. The van der Waals surface area contributed by atoms with Crippen molar-refractivity contribution in [2.24, 2.45) is 0 Å². The Morgan fingerprint density at radius 3 is 1.60 bits per heavy atom. The molecule has 0 atom stereocenters. The molecule has 1 aromatic rings. The van der Waals surface area contributed by atoms with E-state index in [1.54, 1.807) is 24.3 Å². The molecule has 0 aliphatic heterocycles. The van der Waals surface area contributed by atoms with E-state index < -0.39 is 6.10 Å². The van der Waals surface area contributed by atoms with Gasteiger partial charge in [0.2, 0.25) is 0 Å². The van der Waals surface area contributed by atoms with Crippen molar-refractivity contribution in [1.82, 2.24) is 0 Å². The fourth-order valence-electron chi connectivity index (χ4n) is 0.486. The number of aromatic hydroxyl groups is 1. The molecule has 15 heavy (non-hydrogen) atoms. The molecule has 0 aromatic heterocycles. The molecule has 0 saturated heterocycles. The zero-order chi connectivity index (χ0) is 12.1. The Morgan fingerprint density at radius 2 is 1.47 bits per heavy atom. The highest BCUT2D eigenvalue weighted by molar-refractivity contribution is 5.18. The van der Waals surface area contributed by atoms with Gasteiger partial charge in [0, 0.05) is 0 Å². The Kier molecular flexibility index (Phi) is 13.4. The number of para-hydroxylation sites is 1. The molecule has 86 valence electrons. The van der Waals surface area contributed by atoms with Gasteiger partial charge in [-0.15, -0.1) is 0 Å². The van der Waals surface area contributed by atoms with E-state index in [0.29, 0.717) is 5.75 Å². The van der Waals surface area contributed by atoms with E-state index in [1.165, 1.54) is 0 Å². The summed E-state index contributed by atoms with van der Waals surface area (Å²) in [5, 5.41) is 32.6. The highest BCUT2D eigenvalue weighted by atomic mass is 16.3. The van der Waals surface area contributed by atoms with Crippen LogP contribution in [-0.4, -0.2) is 46.5 Å². The second-order valence-electron chi connectivity index (χ2n) is 2.35. The van der Waals surface area contributed by atoms with Gasteiger partial charge in [-0.2, -0.15) is 0 Å². The lowest BCUT2D eigenvalue weighted by Crippen LogP contribution is -2.15. The first kappa shape index (κ1) is 16.0. The standard InChI is InChI=1S/C6H6O.C3H8O3.CH2O/c7-6-4-2-1-3-5-6;4-1-3(6)2-5;1-2/h1-5,7H;3-6H,1-2H2;1H2. The monoisotopic (exact) mass is 216 g/mol. The normalized spacial score (nSPS) is 8.27. The van der Waals surface area contributed by atoms with Crippen molar-refractivity contribution in [3.63, 3.8) is 0 Å². The van der Waals surface area contributed by atoms with Gasteiger partial charge < -0.3 is 25.2 Å². The Morgan fingerprint density at radius 1 is 1.07 bits per heavy atom. The van der Waals surface area contributed by atoms with Crippen LogP contribution in [0, 0.1) is 0 Å². The summed E-state index contributed by atoms with van der Waals surface area (Å²) >= 11 is 0. The van der Waals surface area contributed by atoms with Gasteiger partial charge in [0.25, 0.3) is 0 Å². The number of phenols is 1. The summed E-state index contributed by atoms with van der Waals surface area (Å²) < 4.78 is 0. The van der Waals surface area contributed by atoms with Crippen LogP contribution in [0.2, 0.25) is 0 Å². The minimum Gasteiger partial charge on any atom is -0.508 e. The first-order valence-corrected chi connectivity index (χ1v) is 4.13. The summed E-state index contributed by atoms with van der Waals surface area (Å²) in [6.07, 6.45) is -0.954. The molecule has 0 fully saturated rings. The van der Waals surface area contributed by atoms with E-state index in [4.69, 9.17) is 25.2 Å². The van der Waals surface area contributed by atoms with Crippen molar-refractivity contribution in [2.45, 2.75) is 6.10 Å². The van der Waals surface area contributed by atoms with Crippen molar-refractivity contribution >= 4 is 6.79 Å². The number of benzene rings is 1. The maximum absolute atomic E-state index is 8.63. The highest BCUT2D eigenvalue weighted by Crippen LogP contribution is 2.02. The average molecular weight is 216 g/mol. The summed E-state index contributed by atoms with van der Waals surface area (Å²) in [5.41, 5.74) is 0. The average Bonchev–Trinajstić information content (AvgIpc) is 2.32. The van der Waals surface area contributed by atoms with Gasteiger partial charge in [0.05, 0.1) is 13.2 Å². The molecular weight excluding hydrogens is 200 g/mol. The number of carbonyl (C=O) groups is 1. The van der Waals surface area contributed by atoms with Crippen LogP contribution >= 0.6 is 0 Å². The van der Waals surface area contributed by atoms with Gasteiger partial charge in [-0.3, -0.25) is 0 Å². The van der Waals surface area contributed by atoms with Crippen LogP contribution in [0.25, 0.3) is 0 Å². The maximum atomic E-state index is 8.63. The Bertz CT molecular complexity index is 210. The second kappa shape index (κ2) is 12.6. The lowest BCUT2D eigenvalue weighted by atomic mass is 10.3.